The molecular weight excluding hydrogens is 570 g/mol. The van der Waals surface area contributed by atoms with Crippen LogP contribution in [-0.4, -0.2) is 86.3 Å². The first-order valence-electron chi connectivity index (χ1n) is 14.7. The minimum absolute atomic E-state index is 0.00227. The summed E-state index contributed by atoms with van der Waals surface area (Å²) in [5.74, 6) is -5.43. The van der Waals surface area contributed by atoms with Gasteiger partial charge in [0.2, 0.25) is 11.8 Å². The van der Waals surface area contributed by atoms with Crippen LogP contribution in [0.4, 0.5) is 5.69 Å². The van der Waals surface area contributed by atoms with Crippen molar-refractivity contribution in [1.29, 1.82) is 0 Å². The van der Waals surface area contributed by atoms with Crippen molar-refractivity contribution in [3.05, 3.63) is 65.2 Å². The van der Waals surface area contributed by atoms with Gasteiger partial charge in [0.25, 0.3) is 0 Å². The van der Waals surface area contributed by atoms with E-state index in [1.54, 1.807) is 10.5 Å². The van der Waals surface area contributed by atoms with Crippen molar-refractivity contribution in [2.45, 2.75) is 74.8 Å². The van der Waals surface area contributed by atoms with E-state index >= 15 is 0 Å². The number of carboxylic acids is 3. The van der Waals surface area contributed by atoms with Crippen LogP contribution in [0.1, 0.15) is 61.6 Å². The molecule has 2 aromatic rings. The number of hydrogen-bond donors (Lipinski definition) is 5. The second-order valence-electron chi connectivity index (χ2n) is 11.9. The average molecular weight is 610 g/mol. The first-order chi connectivity index (χ1) is 20.8. The fraction of sp³-hybridized carbons (Fsp3) is 0.469. The lowest BCUT2D eigenvalue weighted by Crippen LogP contribution is -2.51. The highest BCUT2D eigenvalue weighted by Gasteiger charge is 2.42. The Bertz CT molecular complexity index is 1400. The maximum absolute atomic E-state index is 13.2. The number of rotatable bonds is 9. The predicted molar refractivity (Wildman–Crippen MR) is 159 cm³/mol. The monoisotopic (exact) mass is 609 g/mol. The van der Waals surface area contributed by atoms with Crippen molar-refractivity contribution in [2.24, 2.45) is 5.73 Å². The Kier molecular flexibility index (Phi) is 10.1. The molecule has 12 heteroatoms. The number of likely N-dealkylation sites (tertiary alicyclic amines) is 1. The molecule has 5 rings (SSSR count). The van der Waals surface area contributed by atoms with E-state index in [1.165, 1.54) is 18.4 Å². The molecule has 2 aromatic carbocycles. The lowest BCUT2D eigenvalue weighted by molar-refractivity contribution is -0.170. The topological polar surface area (TPSA) is 199 Å². The van der Waals surface area contributed by atoms with Gasteiger partial charge in [-0.3, -0.25) is 24.1 Å². The molecule has 236 valence electrons. The van der Waals surface area contributed by atoms with E-state index in [1.807, 2.05) is 24.3 Å². The molecule has 12 nitrogen and oxygen atoms in total. The van der Waals surface area contributed by atoms with Gasteiger partial charge in [-0.15, -0.1) is 0 Å². The largest absolute Gasteiger partial charge is 0.481 e. The number of nitrogens with zero attached hydrogens (tertiary/aromatic N) is 2. The summed E-state index contributed by atoms with van der Waals surface area (Å²) in [7, 11) is 0. The Morgan fingerprint density at radius 2 is 1.43 bits per heavy atom. The maximum Gasteiger partial charge on any atom is 0.336 e. The molecule has 0 bridgehead atoms. The molecule has 1 spiro atoms. The van der Waals surface area contributed by atoms with Gasteiger partial charge >= 0.3 is 17.9 Å². The molecule has 1 fully saturated rings. The van der Waals surface area contributed by atoms with Gasteiger partial charge in [-0.1, -0.05) is 42.5 Å². The molecule has 1 aliphatic carbocycles. The molecule has 0 radical (unpaired) electrons. The molecule has 2 aliphatic heterocycles. The third-order valence-electron chi connectivity index (χ3n) is 9.05. The summed E-state index contributed by atoms with van der Waals surface area (Å²) in [4.78, 5) is 59.8. The van der Waals surface area contributed by atoms with Crippen LogP contribution in [0.3, 0.4) is 0 Å². The molecule has 0 saturated carbocycles. The molecule has 3 aliphatic rings. The number of piperidine rings is 1. The number of nitrogens with two attached hydrogens (primary N) is 1. The number of benzene rings is 2. The number of para-hydroxylation sites is 1. The van der Waals surface area contributed by atoms with Gasteiger partial charge in [0.05, 0.1) is 12.8 Å². The summed E-state index contributed by atoms with van der Waals surface area (Å²) < 4.78 is 0. The number of carboxylic acid groups (broad SMARTS) is 3. The SMILES string of the molecule is NC(=O)C1CCc2ccccc2N1C(=O)CCN1CCC2(CCc3ccccc32)CC1.O=C(O)CC(O)(CC(=O)O)C(=O)O. The third kappa shape index (κ3) is 7.25. The van der Waals surface area contributed by atoms with E-state index in [2.05, 4.69) is 29.2 Å². The number of primary amides is 1. The van der Waals surface area contributed by atoms with Crippen molar-refractivity contribution < 1.29 is 44.4 Å². The lowest BCUT2D eigenvalue weighted by atomic mass is 9.74. The van der Waals surface area contributed by atoms with Gasteiger partial charge in [0.1, 0.15) is 6.04 Å². The van der Waals surface area contributed by atoms with Gasteiger partial charge in [-0.2, -0.15) is 0 Å². The maximum atomic E-state index is 13.2. The highest BCUT2D eigenvalue weighted by Crippen LogP contribution is 2.46. The first-order valence-corrected chi connectivity index (χ1v) is 14.7. The minimum atomic E-state index is -2.74. The van der Waals surface area contributed by atoms with E-state index in [4.69, 9.17) is 26.2 Å². The number of anilines is 1. The number of carbonyl (C=O) groups excluding carboxylic acids is 2. The summed E-state index contributed by atoms with van der Waals surface area (Å²) in [5.41, 5.74) is 8.29. The number of amides is 2. The normalized spacial score (nSPS) is 18.8. The molecule has 44 heavy (non-hydrogen) atoms. The second kappa shape index (κ2) is 13.6. The van der Waals surface area contributed by atoms with Crippen molar-refractivity contribution in [1.82, 2.24) is 4.90 Å². The Morgan fingerprint density at radius 1 is 0.841 bits per heavy atom. The van der Waals surface area contributed by atoms with Crippen molar-refractivity contribution in [2.75, 3.05) is 24.5 Å². The number of aliphatic carboxylic acids is 3. The van der Waals surface area contributed by atoms with Crippen molar-refractivity contribution >= 4 is 35.4 Å². The van der Waals surface area contributed by atoms with Gasteiger partial charge in [0, 0.05) is 18.7 Å². The average Bonchev–Trinajstić information content (AvgIpc) is 3.33. The standard InChI is InChI=1S/C26H31N3O2.C6H8O7/c27-25(31)23-10-9-20-6-2-4-8-22(20)29(23)24(30)12-16-28-17-14-26(15-18-28)13-11-19-5-1-3-7-21(19)26;7-3(8)1-6(13,5(11)12)2-4(9)10/h1-8,23H,9-18H2,(H2,27,31);13H,1-2H2,(H,7,8)(H,9,10)(H,11,12). The van der Waals surface area contributed by atoms with Crippen LogP contribution in [0.2, 0.25) is 0 Å². The molecule has 1 unspecified atom stereocenters. The van der Waals surface area contributed by atoms with Crippen LogP contribution >= 0.6 is 0 Å². The van der Waals surface area contributed by atoms with Gasteiger partial charge in [-0.05, 0) is 79.8 Å². The molecule has 0 aromatic heterocycles. The molecule has 2 amide bonds. The molecule has 2 heterocycles. The van der Waals surface area contributed by atoms with Crippen LogP contribution in [0.25, 0.3) is 0 Å². The van der Waals surface area contributed by atoms with Gasteiger partial charge in [-0.25, -0.2) is 4.79 Å². The summed E-state index contributed by atoms with van der Waals surface area (Å²) >= 11 is 0. The third-order valence-corrected chi connectivity index (χ3v) is 9.05. The summed E-state index contributed by atoms with van der Waals surface area (Å²) in [5, 5.41) is 33.8. The highest BCUT2D eigenvalue weighted by molar-refractivity contribution is 6.01. The van der Waals surface area contributed by atoms with Crippen LogP contribution in [0, 0.1) is 0 Å². The zero-order valence-corrected chi connectivity index (χ0v) is 24.5. The zero-order chi connectivity index (χ0) is 32.1. The fourth-order valence-electron chi connectivity index (χ4n) is 6.70. The Morgan fingerprint density at radius 3 is 2.02 bits per heavy atom. The molecular formula is C32H39N3O9. The first kappa shape index (κ1) is 32.6. The fourth-order valence-corrected chi connectivity index (χ4v) is 6.70. The van der Waals surface area contributed by atoms with Gasteiger partial charge < -0.3 is 31.1 Å². The highest BCUT2D eigenvalue weighted by atomic mass is 16.4. The number of aliphatic hydroxyl groups is 1. The lowest BCUT2D eigenvalue weighted by Gasteiger charge is -2.40. The van der Waals surface area contributed by atoms with E-state index in [-0.39, 0.29) is 5.91 Å². The van der Waals surface area contributed by atoms with Crippen LogP contribution < -0.4 is 10.6 Å². The quantitative estimate of drug-likeness (QED) is 0.280. The second-order valence-corrected chi connectivity index (χ2v) is 11.9. The van der Waals surface area contributed by atoms with E-state index in [0.717, 1.165) is 50.1 Å². The smallest absolute Gasteiger partial charge is 0.336 e. The van der Waals surface area contributed by atoms with E-state index in [9.17, 15) is 24.0 Å². The number of hydrogen-bond acceptors (Lipinski definition) is 7. The molecule has 1 atom stereocenters. The predicted octanol–water partition coefficient (Wildman–Crippen LogP) is 1.94. The van der Waals surface area contributed by atoms with Crippen LogP contribution in [0.5, 0.6) is 0 Å². The number of fused-ring (bicyclic) bond motifs is 3. The van der Waals surface area contributed by atoms with E-state index in [0.29, 0.717) is 18.3 Å². The summed E-state index contributed by atoms with van der Waals surface area (Å²) in [6, 6.07) is 16.3. The van der Waals surface area contributed by atoms with Crippen LogP contribution in [0.15, 0.2) is 48.5 Å². The Labute approximate surface area is 255 Å². The molecule has 1 saturated heterocycles. The number of aryl methyl sites for hydroxylation is 2. The summed E-state index contributed by atoms with van der Waals surface area (Å²) in [6.45, 7) is 2.79. The minimum Gasteiger partial charge on any atom is -0.481 e. The molecule has 6 N–H and O–H groups in total. The van der Waals surface area contributed by atoms with Crippen LogP contribution in [-0.2, 0) is 42.2 Å². The number of carbonyl (C=O) groups is 5. The Hall–Kier alpha value is -4.29. The summed E-state index contributed by atoms with van der Waals surface area (Å²) in [6.07, 6.45) is 4.28. The van der Waals surface area contributed by atoms with Crippen molar-refractivity contribution in [3.63, 3.8) is 0 Å². The van der Waals surface area contributed by atoms with E-state index < -0.39 is 48.3 Å². The zero-order valence-electron chi connectivity index (χ0n) is 24.5. The van der Waals surface area contributed by atoms with Gasteiger partial charge in [0.15, 0.2) is 5.60 Å². The Balaban J connectivity index is 0.000000289. The van der Waals surface area contributed by atoms with Crippen molar-refractivity contribution in [3.8, 4) is 0 Å².